The Labute approximate surface area is 107 Å². The second-order valence-electron chi connectivity index (χ2n) is 4.26. The third kappa shape index (κ3) is 3.10. The highest BCUT2D eigenvalue weighted by molar-refractivity contribution is 5.94. The quantitative estimate of drug-likeness (QED) is 0.623. The first-order chi connectivity index (χ1) is 8.65. The molecule has 18 heavy (non-hydrogen) atoms. The van der Waals surface area contributed by atoms with Crippen LogP contribution in [0.1, 0.15) is 11.1 Å². The molecule has 3 N–H and O–H groups in total. The van der Waals surface area contributed by atoms with Crippen LogP contribution in [0.3, 0.4) is 0 Å². The summed E-state index contributed by atoms with van der Waals surface area (Å²) in [5.74, 6) is 0.393. The zero-order valence-electron chi connectivity index (χ0n) is 10.6. The molecule has 2 rings (SSSR count). The maximum absolute atomic E-state index is 5.86. The fourth-order valence-corrected chi connectivity index (χ4v) is 1.64. The minimum atomic E-state index is 0.393. The Bertz CT molecular complexity index is 559. The molecule has 0 bridgehead atoms. The highest BCUT2D eigenvalue weighted by Crippen LogP contribution is 2.15. The van der Waals surface area contributed by atoms with Gasteiger partial charge in [-0.3, -0.25) is 0 Å². The van der Waals surface area contributed by atoms with Gasteiger partial charge in [0.15, 0.2) is 5.96 Å². The van der Waals surface area contributed by atoms with Crippen molar-refractivity contribution in [2.75, 3.05) is 5.32 Å². The summed E-state index contributed by atoms with van der Waals surface area (Å²) in [6.07, 6.45) is 0. The van der Waals surface area contributed by atoms with Crippen LogP contribution < -0.4 is 11.1 Å². The molecule has 0 aliphatic carbocycles. The van der Waals surface area contributed by atoms with Gasteiger partial charge in [-0.2, -0.15) is 0 Å². The minimum Gasteiger partial charge on any atom is -0.369 e. The number of rotatable bonds is 2. The SMILES string of the molecule is Cc1ccc(NC(N)=Nc2ccccc2)cc1C. The number of anilines is 1. The Balaban J connectivity index is 2.14. The van der Waals surface area contributed by atoms with Crippen molar-refractivity contribution in [1.82, 2.24) is 0 Å². The Morgan fingerprint density at radius 1 is 1.00 bits per heavy atom. The van der Waals surface area contributed by atoms with Gasteiger partial charge in [-0.1, -0.05) is 24.3 Å². The van der Waals surface area contributed by atoms with E-state index in [-0.39, 0.29) is 0 Å². The molecular weight excluding hydrogens is 222 g/mol. The van der Waals surface area contributed by atoms with Gasteiger partial charge in [-0.05, 0) is 49.2 Å². The summed E-state index contributed by atoms with van der Waals surface area (Å²) < 4.78 is 0. The largest absolute Gasteiger partial charge is 0.369 e. The van der Waals surface area contributed by atoms with E-state index in [9.17, 15) is 0 Å². The van der Waals surface area contributed by atoms with E-state index in [4.69, 9.17) is 5.73 Å². The molecule has 3 heteroatoms. The average molecular weight is 239 g/mol. The fraction of sp³-hybridized carbons (Fsp3) is 0.133. The van der Waals surface area contributed by atoms with E-state index in [1.165, 1.54) is 11.1 Å². The fourth-order valence-electron chi connectivity index (χ4n) is 1.64. The first kappa shape index (κ1) is 12.2. The lowest BCUT2D eigenvalue weighted by Crippen LogP contribution is -2.21. The Hall–Kier alpha value is -2.29. The number of benzene rings is 2. The van der Waals surface area contributed by atoms with E-state index >= 15 is 0 Å². The molecule has 0 saturated heterocycles. The molecule has 0 atom stereocenters. The summed E-state index contributed by atoms with van der Waals surface area (Å²) in [5.41, 5.74) is 10.2. The molecule has 0 unspecified atom stereocenters. The zero-order valence-corrected chi connectivity index (χ0v) is 10.6. The van der Waals surface area contributed by atoms with E-state index < -0.39 is 0 Å². The van der Waals surface area contributed by atoms with Crippen molar-refractivity contribution in [3.05, 3.63) is 59.7 Å². The second kappa shape index (κ2) is 5.36. The van der Waals surface area contributed by atoms with Crippen molar-refractivity contribution in [2.45, 2.75) is 13.8 Å². The summed E-state index contributed by atoms with van der Waals surface area (Å²) >= 11 is 0. The molecule has 0 aliphatic heterocycles. The number of aliphatic imine (C=N–C) groups is 1. The maximum Gasteiger partial charge on any atom is 0.198 e. The number of nitrogens with zero attached hydrogens (tertiary/aromatic N) is 1. The van der Waals surface area contributed by atoms with Crippen molar-refractivity contribution in [2.24, 2.45) is 10.7 Å². The van der Waals surface area contributed by atoms with E-state index in [0.29, 0.717) is 5.96 Å². The lowest BCUT2D eigenvalue weighted by Gasteiger charge is -2.07. The number of nitrogens with one attached hydrogen (secondary N) is 1. The number of aryl methyl sites for hydroxylation is 2. The highest BCUT2D eigenvalue weighted by atomic mass is 15.1. The van der Waals surface area contributed by atoms with Crippen molar-refractivity contribution >= 4 is 17.3 Å². The van der Waals surface area contributed by atoms with Crippen LogP contribution in [0.4, 0.5) is 11.4 Å². The van der Waals surface area contributed by atoms with Crippen LogP contribution >= 0.6 is 0 Å². The number of para-hydroxylation sites is 1. The van der Waals surface area contributed by atoms with Crippen LogP contribution in [0.5, 0.6) is 0 Å². The summed E-state index contributed by atoms with van der Waals surface area (Å²) in [6.45, 7) is 4.16. The van der Waals surface area contributed by atoms with Crippen LogP contribution in [0, 0.1) is 13.8 Å². The normalized spacial score (nSPS) is 11.3. The molecular formula is C15H17N3. The van der Waals surface area contributed by atoms with Crippen LogP contribution in [0.15, 0.2) is 53.5 Å². The smallest absolute Gasteiger partial charge is 0.198 e. The maximum atomic E-state index is 5.86. The van der Waals surface area contributed by atoms with Gasteiger partial charge >= 0.3 is 0 Å². The van der Waals surface area contributed by atoms with Gasteiger partial charge in [0.25, 0.3) is 0 Å². The van der Waals surface area contributed by atoms with Gasteiger partial charge < -0.3 is 11.1 Å². The molecule has 2 aromatic carbocycles. The monoisotopic (exact) mass is 239 g/mol. The Kier molecular flexibility index (Phi) is 3.63. The predicted octanol–water partition coefficient (Wildman–Crippen LogP) is 3.36. The van der Waals surface area contributed by atoms with Gasteiger partial charge in [0, 0.05) is 5.69 Å². The van der Waals surface area contributed by atoms with E-state index in [1.807, 2.05) is 36.4 Å². The van der Waals surface area contributed by atoms with Gasteiger partial charge in [-0.15, -0.1) is 0 Å². The molecule has 0 aromatic heterocycles. The van der Waals surface area contributed by atoms with Crippen LogP contribution in [0.25, 0.3) is 0 Å². The third-order valence-electron chi connectivity index (χ3n) is 2.79. The lowest BCUT2D eigenvalue weighted by molar-refractivity contribution is 1.33. The van der Waals surface area contributed by atoms with Crippen molar-refractivity contribution in [3.63, 3.8) is 0 Å². The highest BCUT2D eigenvalue weighted by Gasteiger charge is 1.98. The number of hydrogen-bond donors (Lipinski definition) is 2. The molecule has 0 amide bonds. The lowest BCUT2D eigenvalue weighted by atomic mass is 10.1. The van der Waals surface area contributed by atoms with E-state index in [2.05, 4.69) is 36.3 Å². The molecule has 0 heterocycles. The molecule has 0 spiro atoms. The molecule has 0 fully saturated rings. The summed E-state index contributed by atoms with van der Waals surface area (Å²) in [7, 11) is 0. The zero-order chi connectivity index (χ0) is 13.0. The van der Waals surface area contributed by atoms with Gasteiger partial charge in [0.2, 0.25) is 0 Å². The first-order valence-electron chi connectivity index (χ1n) is 5.88. The summed E-state index contributed by atoms with van der Waals surface area (Å²) in [4.78, 5) is 4.29. The Morgan fingerprint density at radius 3 is 2.39 bits per heavy atom. The molecule has 0 aliphatic rings. The Morgan fingerprint density at radius 2 is 1.72 bits per heavy atom. The van der Waals surface area contributed by atoms with Gasteiger partial charge in [-0.25, -0.2) is 4.99 Å². The molecule has 0 saturated carbocycles. The molecule has 0 radical (unpaired) electrons. The minimum absolute atomic E-state index is 0.393. The van der Waals surface area contributed by atoms with Crippen molar-refractivity contribution < 1.29 is 0 Å². The topological polar surface area (TPSA) is 50.4 Å². The van der Waals surface area contributed by atoms with Gasteiger partial charge in [0.1, 0.15) is 0 Å². The molecule has 92 valence electrons. The summed E-state index contributed by atoms with van der Waals surface area (Å²) in [5, 5.41) is 3.09. The van der Waals surface area contributed by atoms with E-state index in [0.717, 1.165) is 11.4 Å². The van der Waals surface area contributed by atoms with Crippen LogP contribution in [-0.4, -0.2) is 5.96 Å². The number of hydrogen-bond acceptors (Lipinski definition) is 1. The van der Waals surface area contributed by atoms with Crippen LogP contribution in [0.2, 0.25) is 0 Å². The van der Waals surface area contributed by atoms with Crippen molar-refractivity contribution in [3.8, 4) is 0 Å². The number of guanidine groups is 1. The third-order valence-corrected chi connectivity index (χ3v) is 2.79. The first-order valence-corrected chi connectivity index (χ1v) is 5.88. The van der Waals surface area contributed by atoms with Crippen LogP contribution in [-0.2, 0) is 0 Å². The predicted molar refractivity (Wildman–Crippen MR) is 77.3 cm³/mol. The average Bonchev–Trinajstić information content (AvgIpc) is 2.35. The number of nitrogens with two attached hydrogens (primary N) is 1. The molecule has 2 aromatic rings. The van der Waals surface area contributed by atoms with Gasteiger partial charge in [0.05, 0.1) is 5.69 Å². The second-order valence-corrected chi connectivity index (χ2v) is 4.26. The molecule has 3 nitrogen and oxygen atoms in total. The van der Waals surface area contributed by atoms with Crippen molar-refractivity contribution in [1.29, 1.82) is 0 Å². The van der Waals surface area contributed by atoms with E-state index in [1.54, 1.807) is 0 Å². The standard InChI is InChI=1S/C15H17N3/c1-11-8-9-14(10-12(11)2)18-15(16)17-13-6-4-3-5-7-13/h3-10H,1-2H3,(H3,16,17,18). The summed E-state index contributed by atoms with van der Waals surface area (Å²) in [6, 6.07) is 15.8.